The average molecular weight is 273 g/mol. The second-order valence-electron chi connectivity index (χ2n) is 5.42. The van der Waals surface area contributed by atoms with Crippen molar-refractivity contribution < 1.29 is 4.74 Å². The van der Waals surface area contributed by atoms with Crippen molar-refractivity contribution in [3.8, 4) is 5.75 Å². The first-order chi connectivity index (χ1) is 9.47. The molecule has 2 rings (SSSR count). The average Bonchev–Trinajstić information content (AvgIpc) is 2.82. The molecule has 0 fully saturated rings. The van der Waals surface area contributed by atoms with Crippen LogP contribution in [0.1, 0.15) is 48.3 Å². The van der Waals surface area contributed by atoms with Gasteiger partial charge in [0.2, 0.25) is 0 Å². The molecule has 1 heterocycles. The second-order valence-corrected chi connectivity index (χ2v) is 5.42. The Kier molecular flexibility index (Phi) is 4.14. The lowest BCUT2D eigenvalue weighted by atomic mass is 9.94. The summed E-state index contributed by atoms with van der Waals surface area (Å²) < 4.78 is 7.38. The molecule has 0 aliphatic rings. The minimum absolute atomic E-state index is 0.240. The largest absolute Gasteiger partial charge is 0.493 e. The molecule has 1 aromatic heterocycles. The highest BCUT2D eigenvalue weighted by Gasteiger charge is 2.23. The molecule has 1 atom stereocenters. The van der Waals surface area contributed by atoms with Crippen LogP contribution in [-0.4, -0.2) is 16.9 Å². The zero-order valence-electron chi connectivity index (χ0n) is 12.8. The maximum absolute atomic E-state index is 6.54. The van der Waals surface area contributed by atoms with E-state index in [0.717, 1.165) is 17.0 Å². The molecule has 0 bridgehead atoms. The number of hydrogen-bond acceptors (Lipinski definition) is 3. The highest BCUT2D eigenvalue weighted by molar-refractivity contribution is 5.43. The fraction of sp³-hybridized carbons (Fsp3) is 0.438. The van der Waals surface area contributed by atoms with E-state index in [2.05, 4.69) is 51.0 Å². The number of rotatable bonds is 4. The first-order valence-electron chi connectivity index (χ1n) is 6.90. The summed E-state index contributed by atoms with van der Waals surface area (Å²) in [6.07, 6.45) is 1.74. The van der Waals surface area contributed by atoms with Gasteiger partial charge < -0.3 is 10.5 Å². The summed E-state index contributed by atoms with van der Waals surface area (Å²) in [5, 5.41) is 4.40. The number of ether oxygens (including phenoxy) is 1. The zero-order valence-corrected chi connectivity index (χ0v) is 12.8. The first-order valence-corrected chi connectivity index (χ1v) is 6.90. The number of aromatic nitrogens is 2. The molecule has 2 N–H and O–H groups in total. The van der Waals surface area contributed by atoms with Crippen LogP contribution in [0.5, 0.6) is 5.75 Å². The van der Waals surface area contributed by atoms with Gasteiger partial charge in [-0.1, -0.05) is 18.2 Å². The third kappa shape index (κ3) is 2.43. The van der Waals surface area contributed by atoms with Crippen LogP contribution in [0.3, 0.4) is 0 Å². The SMILES string of the molecule is COc1cnn(C(C)C)c1C(N)c1c(C)cccc1C. The van der Waals surface area contributed by atoms with E-state index in [4.69, 9.17) is 10.5 Å². The van der Waals surface area contributed by atoms with Gasteiger partial charge in [0.1, 0.15) is 5.69 Å². The molecule has 20 heavy (non-hydrogen) atoms. The maximum atomic E-state index is 6.54. The molecule has 4 heteroatoms. The van der Waals surface area contributed by atoms with Crippen molar-refractivity contribution >= 4 is 0 Å². The normalized spacial score (nSPS) is 12.8. The molecular formula is C16H23N3O. The molecule has 0 amide bonds. The van der Waals surface area contributed by atoms with Crippen molar-refractivity contribution in [2.75, 3.05) is 7.11 Å². The van der Waals surface area contributed by atoms with Gasteiger partial charge in [0.25, 0.3) is 0 Å². The molecule has 0 saturated carbocycles. The summed E-state index contributed by atoms with van der Waals surface area (Å²) in [4.78, 5) is 0. The fourth-order valence-electron chi connectivity index (χ4n) is 2.68. The van der Waals surface area contributed by atoms with Crippen LogP contribution in [0.4, 0.5) is 0 Å². The Balaban J connectivity index is 2.58. The Morgan fingerprint density at radius 1 is 1.20 bits per heavy atom. The lowest BCUT2D eigenvalue weighted by molar-refractivity contribution is 0.400. The predicted molar refractivity (Wildman–Crippen MR) is 81.1 cm³/mol. The number of nitrogens with zero attached hydrogens (tertiary/aromatic N) is 2. The van der Waals surface area contributed by atoms with E-state index in [1.54, 1.807) is 13.3 Å². The number of benzene rings is 1. The fourth-order valence-corrected chi connectivity index (χ4v) is 2.68. The van der Waals surface area contributed by atoms with E-state index in [9.17, 15) is 0 Å². The lowest BCUT2D eigenvalue weighted by Gasteiger charge is -2.21. The van der Waals surface area contributed by atoms with Crippen LogP contribution in [-0.2, 0) is 0 Å². The van der Waals surface area contributed by atoms with Gasteiger partial charge in [-0.05, 0) is 44.4 Å². The molecule has 2 aromatic rings. The monoisotopic (exact) mass is 273 g/mol. The molecule has 0 radical (unpaired) electrons. The van der Waals surface area contributed by atoms with Gasteiger partial charge in [-0.3, -0.25) is 4.68 Å². The summed E-state index contributed by atoms with van der Waals surface area (Å²) in [7, 11) is 1.66. The quantitative estimate of drug-likeness (QED) is 0.931. The minimum Gasteiger partial charge on any atom is -0.493 e. The van der Waals surface area contributed by atoms with Crippen LogP contribution in [0.15, 0.2) is 24.4 Å². The Bertz CT molecular complexity index is 582. The van der Waals surface area contributed by atoms with Crippen LogP contribution in [0.2, 0.25) is 0 Å². The third-order valence-corrected chi connectivity index (χ3v) is 3.66. The van der Waals surface area contributed by atoms with Crippen molar-refractivity contribution in [1.29, 1.82) is 0 Å². The number of methoxy groups -OCH3 is 1. The van der Waals surface area contributed by atoms with Gasteiger partial charge in [-0.15, -0.1) is 0 Å². The lowest BCUT2D eigenvalue weighted by Crippen LogP contribution is -2.21. The summed E-state index contributed by atoms with van der Waals surface area (Å²) >= 11 is 0. The molecule has 1 unspecified atom stereocenters. The van der Waals surface area contributed by atoms with E-state index in [-0.39, 0.29) is 12.1 Å². The van der Waals surface area contributed by atoms with Gasteiger partial charge in [-0.25, -0.2) is 0 Å². The standard InChI is InChI=1S/C16H23N3O/c1-10(2)19-16(13(20-5)9-18-19)15(17)14-11(3)7-6-8-12(14)4/h6-10,15H,17H2,1-5H3. The smallest absolute Gasteiger partial charge is 0.161 e. The van der Waals surface area contributed by atoms with E-state index >= 15 is 0 Å². The highest BCUT2D eigenvalue weighted by atomic mass is 16.5. The number of hydrogen-bond donors (Lipinski definition) is 1. The predicted octanol–water partition coefficient (Wildman–Crippen LogP) is 3.14. The highest BCUT2D eigenvalue weighted by Crippen LogP contribution is 2.33. The van der Waals surface area contributed by atoms with Gasteiger partial charge in [-0.2, -0.15) is 5.10 Å². The Labute approximate surface area is 120 Å². The summed E-state index contributed by atoms with van der Waals surface area (Å²) in [6.45, 7) is 8.36. The van der Waals surface area contributed by atoms with Crippen molar-refractivity contribution in [2.45, 2.75) is 39.8 Å². The van der Waals surface area contributed by atoms with Gasteiger partial charge in [0.05, 0.1) is 19.3 Å². The molecule has 4 nitrogen and oxygen atoms in total. The van der Waals surface area contributed by atoms with Crippen molar-refractivity contribution in [2.24, 2.45) is 5.73 Å². The van der Waals surface area contributed by atoms with Gasteiger partial charge in [0.15, 0.2) is 5.75 Å². The van der Waals surface area contributed by atoms with Gasteiger partial charge >= 0.3 is 0 Å². The summed E-state index contributed by atoms with van der Waals surface area (Å²) in [5.74, 6) is 0.744. The van der Waals surface area contributed by atoms with Crippen LogP contribution >= 0.6 is 0 Å². The van der Waals surface area contributed by atoms with E-state index < -0.39 is 0 Å². The van der Waals surface area contributed by atoms with Crippen LogP contribution in [0, 0.1) is 13.8 Å². The van der Waals surface area contributed by atoms with Gasteiger partial charge in [0, 0.05) is 6.04 Å². The molecular weight excluding hydrogens is 250 g/mol. The van der Waals surface area contributed by atoms with Crippen molar-refractivity contribution in [1.82, 2.24) is 9.78 Å². The molecule has 0 aliphatic heterocycles. The Morgan fingerprint density at radius 3 is 2.30 bits per heavy atom. The minimum atomic E-state index is -0.240. The molecule has 1 aromatic carbocycles. The third-order valence-electron chi connectivity index (χ3n) is 3.66. The maximum Gasteiger partial charge on any atom is 0.161 e. The molecule has 0 spiro atoms. The Morgan fingerprint density at radius 2 is 1.80 bits per heavy atom. The first kappa shape index (κ1) is 14.6. The second kappa shape index (κ2) is 5.67. The zero-order chi connectivity index (χ0) is 14.9. The Hall–Kier alpha value is -1.81. The van der Waals surface area contributed by atoms with Crippen LogP contribution < -0.4 is 10.5 Å². The summed E-state index contributed by atoms with van der Waals surface area (Å²) in [5.41, 5.74) is 11.0. The van der Waals surface area contributed by atoms with E-state index in [0.29, 0.717) is 0 Å². The number of nitrogens with two attached hydrogens (primary N) is 1. The molecule has 108 valence electrons. The van der Waals surface area contributed by atoms with Crippen LogP contribution in [0.25, 0.3) is 0 Å². The van der Waals surface area contributed by atoms with E-state index in [1.807, 2.05) is 4.68 Å². The van der Waals surface area contributed by atoms with E-state index in [1.165, 1.54) is 11.1 Å². The van der Waals surface area contributed by atoms with Crippen molar-refractivity contribution in [3.63, 3.8) is 0 Å². The molecule has 0 aliphatic carbocycles. The summed E-state index contributed by atoms with van der Waals surface area (Å²) in [6, 6.07) is 6.23. The van der Waals surface area contributed by atoms with Crippen molar-refractivity contribution in [3.05, 3.63) is 46.8 Å². The topological polar surface area (TPSA) is 53.1 Å². The number of aryl methyl sites for hydroxylation is 2. The molecule has 0 saturated heterocycles.